The van der Waals surface area contributed by atoms with Gasteiger partial charge in [-0.15, -0.1) is 0 Å². The van der Waals surface area contributed by atoms with E-state index in [1.807, 2.05) is 36.4 Å². The van der Waals surface area contributed by atoms with Crippen molar-refractivity contribution in [1.82, 2.24) is 0 Å². The maximum absolute atomic E-state index is 12.9. The molecule has 4 rings (SSSR count). The van der Waals surface area contributed by atoms with Crippen LogP contribution >= 0.6 is 0 Å². The molecule has 0 N–H and O–H groups in total. The predicted octanol–water partition coefficient (Wildman–Crippen LogP) is 3.80. The van der Waals surface area contributed by atoms with E-state index >= 15 is 0 Å². The van der Waals surface area contributed by atoms with E-state index < -0.39 is 0 Å². The van der Waals surface area contributed by atoms with Gasteiger partial charge in [-0.05, 0) is 29.9 Å². The smallest absolute Gasteiger partial charge is 0.151 e. The normalized spacial score (nSPS) is 26.9. The highest BCUT2D eigenvalue weighted by Crippen LogP contribution is 2.77. The number of hydrogen-bond donors (Lipinski definition) is 0. The largest absolute Gasteiger partial charge is 0.298 e. The monoisotopic (exact) mass is 248 g/mol. The number of benzene rings is 2. The van der Waals surface area contributed by atoms with E-state index in [1.54, 1.807) is 0 Å². The summed E-state index contributed by atoms with van der Waals surface area (Å²) in [4.78, 5) is 12.9. The van der Waals surface area contributed by atoms with Gasteiger partial charge in [-0.25, -0.2) is 0 Å². The molecule has 19 heavy (non-hydrogen) atoms. The number of hydrogen-bond acceptors (Lipinski definition) is 1. The minimum atomic E-state index is -0.0742. The van der Waals surface area contributed by atoms with Crippen molar-refractivity contribution in [2.45, 2.75) is 18.8 Å². The highest BCUT2D eigenvalue weighted by molar-refractivity contribution is 5.99. The van der Waals surface area contributed by atoms with Crippen LogP contribution in [0.1, 0.15) is 29.9 Å². The molecular formula is C18H16O. The molecule has 0 unspecified atom stereocenters. The summed E-state index contributed by atoms with van der Waals surface area (Å²) in [6, 6.07) is 20.4. The van der Waals surface area contributed by atoms with Crippen LogP contribution in [-0.2, 0) is 4.79 Å². The molecule has 0 aliphatic heterocycles. The Bertz CT molecular complexity index is 569. The molecule has 0 heterocycles. The molecule has 0 aromatic heterocycles. The first-order chi connectivity index (χ1) is 9.31. The zero-order valence-electron chi connectivity index (χ0n) is 10.8. The van der Waals surface area contributed by atoms with E-state index in [4.69, 9.17) is 0 Å². The van der Waals surface area contributed by atoms with E-state index in [-0.39, 0.29) is 11.3 Å². The number of ketones is 1. The van der Waals surface area contributed by atoms with Crippen LogP contribution in [-0.4, -0.2) is 5.78 Å². The first kappa shape index (κ1) is 11.0. The van der Waals surface area contributed by atoms with E-state index in [0.717, 1.165) is 24.0 Å². The Morgan fingerprint density at radius 2 is 1.32 bits per heavy atom. The van der Waals surface area contributed by atoms with E-state index in [1.165, 1.54) is 0 Å². The maximum atomic E-state index is 12.9. The van der Waals surface area contributed by atoms with Crippen LogP contribution in [0.4, 0.5) is 0 Å². The topological polar surface area (TPSA) is 17.1 Å². The Morgan fingerprint density at radius 3 is 1.68 bits per heavy atom. The zero-order chi connectivity index (χ0) is 12.9. The van der Waals surface area contributed by atoms with Gasteiger partial charge in [0.05, 0.1) is 5.92 Å². The first-order valence-electron chi connectivity index (χ1n) is 6.95. The molecule has 1 nitrogen and oxygen atoms in total. The van der Waals surface area contributed by atoms with Crippen LogP contribution in [0.25, 0.3) is 0 Å². The molecule has 94 valence electrons. The summed E-state index contributed by atoms with van der Waals surface area (Å²) in [5.41, 5.74) is 2.33. The van der Waals surface area contributed by atoms with Crippen molar-refractivity contribution in [3.05, 3.63) is 71.8 Å². The predicted molar refractivity (Wildman–Crippen MR) is 74.9 cm³/mol. The molecule has 2 aromatic carbocycles. The van der Waals surface area contributed by atoms with Gasteiger partial charge in [0.15, 0.2) is 5.78 Å². The minimum Gasteiger partial charge on any atom is -0.298 e. The lowest BCUT2D eigenvalue weighted by Gasteiger charge is -2.18. The molecule has 2 saturated carbocycles. The Kier molecular flexibility index (Phi) is 2.20. The highest BCUT2D eigenvalue weighted by atomic mass is 16.1. The van der Waals surface area contributed by atoms with Crippen molar-refractivity contribution in [1.29, 1.82) is 0 Å². The second kappa shape index (κ2) is 3.80. The number of carbonyl (C=O) groups excluding carboxylic acids is 1. The summed E-state index contributed by atoms with van der Waals surface area (Å²) < 4.78 is 0. The molecule has 1 heteroatoms. The molecule has 0 spiro atoms. The zero-order valence-corrected chi connectivity index (χ0v) is 10.8. The van der Waals surface area contributed by atoms with Crippen LogP contribution in [0.15, 0.2) is 60.7 Å². The molecule has 2 fully saturated rings. The van der Waals surface area contributed by atoms with Crippen LogP contribution in [0.3, 0.4) is 0 Å². The molecular weight excluding hydrogens is 232 g/mol. The number of carbonyl (C=O) groups is 1. The third-order valence-corrected chi connectivity index (χ3v) is 4.70. The van der Waals surface area contributed by atoms with Crippen molar-refractivity contribution in [2.75, 3.05) is 0 Å². The number of rotatable bonds is 4. The fourth-order valence-electron chi connectivity index (χ4n) is 3.18. The molecule has 2 aliphatic rings. The quantitative estimate of drug-likeness (QED) is 0.804. The van der Waals surface area contributed by atoms with Crippen molar-refractivity contribution >= 4 is 5.78 Å². The van der Waals surface area contributed by atoms with Crippen molar-refractivity contribution in [3.63, 3.8) is 0 Å². The molecule has 0 saturated heterocycles. The second-order valence-corrected chi connectivity index (χ2v) is 5.88. The second-order valence-electron chi connectivity index (χ2n) is 5.88. The molecule has 0 amide bonds. The van der Waals surface area contributed by atoms with E-state index in [2.05, 4.69) is 24.3 Å². The van der Waals surface area contributed by atoms with Crippen molar-refractivity contribution in [3.8, 4) is 0 Å². The van der Waals surface area contributed by atoms with Gasteiger partial charge in [0.25, 0.3) is 0 Å². The third-order valence-electron chi connectivity index (χ3n) is 4.70. The lowest BCUT2D eigenvalue weighted by Crippen LogP contribution is -2.19. The summed E-state index contributed by atoms with van der Waals surface area (Å²) in [5.74, 6) is 1.07. The summed E-state index contributed by atoms with van der Waals surface area (Å²) in [6.45, 7) is 0. The van der Waals surface area contributed by atoms with Gasteiger partial charge in [-0.2, -0.15) is 0 Å². The van der Waals surface area contributed by atoms with E-state index in [9.17, 15) is 4.79 Å². The average Bonchev–Trinajstić information content (AvgIpc) is 3.31. The van der Waals surface area contributed by atoms with Gasteiger partial charge in [0, 0.05) is 5.41 Å². The van der Waals surface area contributed by atoms with Gasteiger partial charge in [0.1, 0.15) is 0 Å². The molecule has 0 atom stereocenters. The molecule has 0 bridgehead atoms. The summed E-state index contributed by atoms with van der Waals surface area (Å²) in [5, 5.41) is 0. The minimum absolute atomic E-state index is 0.0658. The summed E-state index contributed by atoms with van der Waals surface area (Å²) >= 11 is 0. The Morgan fingerprint density at radius 1 is 0.895 bits per heavy atom. The highest BCUT2D eigenvalue weighted by Gasteiger charge is 2.74. The Balaban J connectivity index is 1.77. The standard InChI is InChI=1S/C18H16O/c19-17(18-11-15(18)12-18)16(13-7-3-1-4-8-13)14-9-5-2-6-10-14/h1-10,15-16H,11-12H2. The Hall–Kier alpha value is -1.89. The fraction of sp³-hybridized carbons (Fsp3) is 0.278. The lowest BCUT2D eigenvalue weighted by atomic mass is 9.83. The van der Waals surface area contributed by atoms with Gasteiger partial charge >= 0.3 is 0 Å². The van der Waals surface area contributed by atoms with Crippen molar-refractivity contribution < 1.29 is 4.79 Å². The van der Waals surface area contributed by atoms with Crippen LogP contribution in [0.5, 0.6) is 0 Å². The fourth-order valence-corrected chi connectivity index (χ4v) is 3.18. The first-order valence-corrected chi connectivity index (χ1v) is 6.95. The maximum Gasteiger partial charge on any atom is 0.151 e. The SMILES string of the molecule is O=C(C(c1ccccc1)c1ccccc1)C12CC1C2. The van der Waals surface area contributed by atoms with Gasteiger partial charge < -0.3 is 0 Å². The van der Waals surface area contributed by atoms with Crippen LogP contribution in [0, 0.1) is 11.3 Å². The lowest BCUT2D eigenvalue weighted by molar-refractivity contribution is -0.122. The number of fused-ring (bicyclic) bond motifs is 1. The van der Waals surface area contributed by atoms with Crippen molar-refractivity contribution in [2.24, 2.45) is 11.3 Å². The summed E-state index contributed by atoms with van der Waals surface area (Å²) in [6.07, 6.45) is 2.25. The van der Waals surface area contributed by atoms with Gasteiger partial charge in [-0.1, -0.05) is 60.7 Å². The van der Waals surface area contributed by atoms with Crippen LogP contribution < -0.4 is 0 Å². The Labute approximate surface area is 113 Å². The van der Waals surface area contributed by atoms with E-state index in [0.29, 0.717) is 11.7 Å². The third kappa shape index (κ3) is 1.65. The molecule has 2 aliphatic carbocycles. The van der Waals surface area contributed by atoms with Gasteiger partial charge in [-0.3, -0.25) is 4.79 Å². The van der Waals surface area contributed by atoms with Gasteiger partial charge in [0.2, 0.25) is 0 Å². The molecule has 2 aromatic rings. The summed E-state index contributed by atoms with van der Waals surface area (Å²) in [7, 11) is 0. The average molecular weight is 248 g/mol. The molecule has 0 radical (unpaired) electrons. The number of Topliss-reactive ketones (excluding diaryl/α,β-unsaturated/α-hetero) is 1. The van der Waals surface area contributed by atoms with Crippen LogP contribution in [0.2, 0.25) is 0 Å².